The van der Waals surface area contributed by atoms with Crippen molar-refractivity contribution in [3.63, 3.8) is 0 Å². The number of benzene rings is 1. The zero-order chi connectivity index (χ0) is 20.2. The Bertz CT molecular complexity index is 569. The number of ether oxygens (including phenoxy) is 2. The molecule has 0 radical (unpaired) electrons. The van der Waals surface area contributed by atoms with E-state index in [1.165, 1.54) is 0 Å². The van der Waals surface area contributed by atoms with Gasteiger partial charge in [0.15, 0.2) is 6.04 Å². The van der Waals surface area contributed by atoms with Crippen LogP contribution in [0, 0.1) is 0 Å². The molecule has 0 saturated carbocycles. The van der Waals surface area contributed by atoms with E-state index < -0.39 is 30.3 Å². The van der Waals surface area contributed by atoms with Crippen LogP contribution in [0.1, 0.15) is 39.7 Å². The predicted molar refractivity (Wildman–Crippen MR) is 96.0 cm³/mol. The first-order valence-corrected chi connectivity index (χ1v) is 8.18. The number of nitrogens with two attached hydrogens (primary N) is 1. The maximum absolute atomic E-state index is 11.6. The molecule has 0 aliphatic heterocycles. The van der Waals surface area contributed by atoms with E-state index in [0.717, 1.165) is 5.56 Å². The Balaban J connectivity index is 0.000000660. The van der Waals surface area contributed by atoms with Gasteiger partial charge in [-0.2, -0.15) is 0 Å². The van der Waals surface area contributed by atoms with Gasteiger partial charge in [0.2, 0.25) is 5.91 Å². The van der Waals surface area contributed by atoms with Crippen molar-refractivity contribution in [2.45, 2.75) is 52.4 Å². The average molecular weight is 368 g/mol. The molecule has 0 aliphatic carbocycles. The highest BCUT2D eigenvalue weighted by Crippen LogP contribution is 2.05. The molecule has 8 nitrogen and oxygen atoms in total. The lowest BCUT2D eigenvalue weighted by Gasteiger charge is -2.16. The highest BCUT2D eigenvalue weighted by Gasteiger charge is 2.20. The van der Waals surface area contributed by atoms with Crippen molar-refractivity contribution in [3.8, 4) is 0 Å². The van der Waals surface area contributed by atoms with Crippen molar-refractivity contribution in [3.05, 3.63) is 35.9 Å². The van der Waals surface area contributed by atoms with Gasteiger partial charge in [-0.1, -0.05) is 37.3 Å². The van der Waals surface area contributed by atoms with Crippen molar-refractivity contribution >= 4 is 18.0 Å². The van der Waals surface area contributed by atoms with Gasteiger partial charge in [-0.05, 0) is 26.3 Å². The average Bonchev–Trinajstić information content (AvgIpc) is 2.56. The highest BCUT2D eigenvalue weighted by molar-refractivity contribution is 5.84. The summed E-state index contributed by atoms with van der Waals surface area (Å²) in [5.41, 5.74) is 5.12. The zero-order valence-electron chi connectivity index (χ0n) is 15.7. The summed E-state index contributed by atoms with van der Waals surface area (Å²) in [5, 5.41) is 11.4. The number of carbonyl (C=O) groups excluding carboxylic acids is 3. The largest absolute Gasteiger partial charge is 0.459 e. The van der Waals surface area contributed by atoms with Crippen molar-refractivity contribution in [1.82, 2.24) is 5.32 Å². The molecule has 0 fully saturated rings. The summed E-state index contributed by atoms with van der Waals surface area (Å²) in [5.74, 6) is -0.936. The van der Waals surface area contributed by atoms with E-state index >= 15 is 0 Å². The van der Waals surface area contributed by atoms with Crippen LogP contribution in [0.15, 0.2) is 30.3 Å². The molecule has 1 aromatic rings. The maximum atomic E-state index is 11.6. The number of primary amides is 1. The van der Waals surface area contributed by atoms with Crippen LogP contribution in [0.4, 0.5) is 4.79 Å². The standard InChI is InChI=1S/C13H17NO4.C5H11NO2/c1-2-12(16)14-11(8-15)13(17)18-9-10-6-4-3-5-7-10;1-5(2,3)8-4(6)7/h3-7,11,15H,2,8-9H2,1H3,(H,14,16);1-3H3,(H2,6,7). The van der Waals surface area contributed by atoms with Crippen LogP contribution in [0.2, 0.25) is 0 Å². The Labute approximate surface area is 153 Å². The fourth-order valence-corrected chi connectivity index (χ4v) is 1.61. The first-order valence-electron chi connectivity index (χ1n) is 8.18. The smallest absolute Gasteiger partial charge is 0.405 e. The van der Waals surface area contributed by atoms with Crippen LogP contribution in [-0.4, -0.2) is 41.3 Å². The van der Waals surface area contributed by atoms with E-state index in [2.05, 4.69) is 10.1 Å². The van der Waals surface area contributed by atoms with Gasteiger partial charge >= 0.3 is 12.1 Å². The molecule has 0 heterocycles. The molecule has 4 N–H and O–H groups in total. The summed E-state index contributed by atoms with van der Waals surface area (Å²) in [6.07, 6.45) is -0.472. The Morgan fingerprint density at radius 1 is 1.19 bits per heavy atom. The topological polar surface area (TPSA) is 128 Å². The summed E-state index contributed by atoms with van der Waals surface area (Å²) in [4.78, 5) is 32.7. The fourth-order valence-electron chi connectivity index (χ4n) is 1.61. The minimum absolute atomic E-state index is 0.123. The van der Waals surface area contributed by atoms with Crippen LogP contribution in [-0.2, 0) is 25.7 Å². The fraction of sp³-hybridized carbons (Fsp3) is 0.500. The second-order valence-electron chi connectivity index (χ2n) is 6.28. The predicted octanol–water partition coefficient (Wildman–Crippen LogP) is 1.50. The lowest BCUT2D eigenvalue weighted by Crippen LogP contribution is -2.44. The van der Waals surface area contributed by atoms with Gasteiger partial charge in [-0.25, -0.2) is 9.59 Å². The monoisotopic (exact) mass is 368 g/mol. The van der Waals surface area contributed by atoms with Gasteiger partial charge in [0.05, 0.1) is 6.61 Å². The van der Waals surface area contributed by atoms with Crippen LogP contribution in [0.5, 0.6) is 0 Å². The van der Waals surface area contributed by atoms with Gasteiger partial charge in [-0.15, -0.1) is 0 Å². The maximum Gasteiger partial charge on any atom is 0.405 e. The number of hydrogen-bond acceptors (Lipinski definition) is 6. The van der Waals surface area contributed by atoms with Crippen molar-refractivity contribution < 1.29 is 29.0 Å². The molecule has 0 bridgehead atoms. The summed E-state index contributed by atoms with van der Waals surface area (Å²) < 4.78 is 9.59. The Morgan fingerprint density at radius 3 is 2.15 bits per heavy atom. The third kappa shape index (κ3) is 11.9. The second-order valence-corrected chi connectivity index (χ2v) is 6.28. The Hall–Kier alpha value is -2.61. The van der Waals surface area contributed by atoms with Gasteiger partial charge in [-0.3, -0.25) is 4.79 Å². The number of rotatable bonds is 6. The van der Waals surface area contributed by atoms with Crippen molar-refractivity contribution in [2.24, 2.45) is 5.73 Å². The van der Waals surface area contributed by atoms with E-state index in [1.54, 1.807) is 27.7 Å². The van der Waals surface area contributed by atoms with Gasteiger partial charge < -0.3 is 25.6 Å². The lowest BCUT2D eigenvalue weighted by atomic mass is 10.2. The molecule has 0 aliphatic rings. The molecule has 0 spiro atoms. The van der Waals surface area contributed by atoms with Gasteiger partial charge in [0, 0.05) is 6.42 Å². The normalized spacial score (nSPS) is 11.4. The molecule has 146 valence electrons. The Morgan fingerprint density at radius 2 is 1.77 bits per heavy atom. The summed E-state index contributed by atoms with van der Waals surface area (Å²) in [6.45, 7) is 6.60. The molecule has 0 aromatic heterocycles. The number of hydrogen-bond donors (Lipinski definition) is 3. The highest BCUT2D eigenvalue weighted by atomic mass is 16.6. The van der Waals surface area contributed by atoms with Gasteiger partial charge in [0.1, 0.15) is 12.2 Å². The molecule has 1 unspecified atom stereocenters. The molecule has 1 aromatic carbocycles. The number of amides is 2. The summed E-state index contributed by atoms with van der Waals surface area (Å²) in [7, 11) is 0. The summed E-state index contributed by atoms with van der Waals surface area (Å²) in [6, 6.07) is 8.19. The SMILES string of the molecule is CC(C)(C)OC(N)=O.CCC(=O)NC(CO)C(=O)OCc1ccccc1. The minimum Gasteiger partial charge on any atom is -0.459 e. The molecule has 1 rings (SSSR count). The molecule has 1 atom stereocenters. The van der Waals surface area contributed by atoms with Crippen LogP contribution < -0.4 is 11.1 Å². The van der Waals surface area contributed by atoms with Crippen LogP contribution in [0.25, 0.3) is 0 Å². The first-order chi connectivity index (χ1) is 12.1. The second kappa shape index (κ2) is 11.9. The Kier molecular flexibility index (Phi) is 10.7. The van der Waals surface area contributed by atoms with E-state index in [1.807, 2.05) is 30.3 Å². The lowest BCUT2D eigenvalue weighted by molar-refractivity contribution is -0.150. The molecular formula is C18H28N2O6. The zero-order valence-corrected chi connectivity index (χ0v) is 15.7. The number of nitrogens with one attached hydrogen (secondary N) is 1. The van der Waals surface area contributed by atoms with E-state index in [0.29, 0.717) is 0 Å². The third-order valence-corrected chi connectivity index (χ3v) is 2.75. The van der Waals surface area contributed by atoms with Crippen molar-refractivity contribution in [2.75, 3.05) is 6.61 Å². The molecular weight excluding hydrogens is 340 g/mol. The number of aliphatic hydroxyl groups excluding tert-OH is 1. The molecule has 2 amide bonds. The van der Waals surface area contributed by atoms with E-state index in [4.69, 9.17) is 15.6 Å². The van der Waals surface area contributed by atoms with Crippen LogP contribution >= 0.6 is 0 Å². The first kappa shape index (κ1) is 23.4. The summed E-state index contributed by atoms with van der Waals surface area (Å²) >= 11 is 0. The van der Waals surface area contributed by atoms with Crippen LogP contribution in [0.3, 0.4) is 0 Å². The minimum atomic E-state index is -0.999. The molecule has 26 heavy (non-hydrogen) atoms. The van der Waals surface area contributed by atoms with E-state index in [-0.39, 0.29) is 18.9 Å². The van der Waals surface area contributed by atoms with Crippen molar-refractivity contribution in [1.29, 1.82) is 0 Å². The number of carbonyl (C=O) groups is 3. The third-order valence-electron chi connectivity index (χ3n) is 2.75. The molecule has 0 saturated heterocycles. The molecule has 8 heteroatoms. The quantitative estimate of drug-likeness (QED) is 0.653. The number of aliphatic hydroxyl groups is 1. The van der Waals surface area contributed by atoms with Gasteiger partial charge in [0.25, 0.3) is 0 Å². The van der Waals surface area contributed by atoms with E-state index in [9.17, 15) is 14.4 Å². The number of esters is 1.